The van der Waals surface area contributed by atoms with Gasteiger partial charge < -0.3 is 10.2 Å². The molecule has 2 heterocycles. The molecule has 1 aliphatic heterocycles. The van der Waals surface area contributed by atoms with Crippen molar-refractivity contribution in [1.29, 1.82) is 0 Å². The molecule has 2 aromatic rings. The first-order valence-corrected chi connectivity index (χ1v) is 9.75. The molecule has 0 saturated carbocycles. The predicted octanol–water partition coefficient (Wildman–Crippen LogP) is 3.70. The van der Waals surface area contributed by atoms with Crippen molar-refractivity contribution in [2.75, 3.05) is 44.2 Å². The molecule has 1 aliphatic rings. The van der Waals surface area contributed by atoms with Crippen LogP contribution in [0.15, 0.2) is 42.6 Å². The second-order valence-electron chi connectivity index (χ2n) is 6.86. The van der Waals surface area contributed by atoms with Gasteiger partial charge in [0.1, 0.15) is 5.15 Å². The van der Waals surface area contributed by atoms with Gasteiger partial charge in [0.15, 0.2) is 0 Å². The molecule has 1 saturated heterocycles. The standard InChI is InChI=1S/C20H22ClF3N4O/c21-18-6-5-15(14-26-18)19(29)25-7-2-8-27-9-11-28(12-10-27)17-4-1-3-16(13-17)20(22,23)24/h1,3-6,13-14H,2,7-12H2,(H,25,29). The Morgan fingerprint density at radius 3 is 2.55 bits per heavy atom. The van der Waals surface area contributed by atoms with Gasteiger partial charge in [0.25, 0.3) is 5.91 Å². The average molecular weight is 427 g/mol. The molecule has 1 amide bonds. The number of halogens is 4. The summed E-state index contributed by atoms with van der Waals surface area (Å²) in [6, 6.07) is 8.65. The lowest BCUT2D eigenvalue weighted by molar-refractivity contribution is -0.137. The Hall–Kier alpha value is -2.32. The van der Waals surface area contributed by atoms with E-state index in [4.69, 9.17) is 11.6 Å². The molecule has 0 bridgehead atoms. The van der Waals surface area contributed by atoms with Crippen LogP contribution >= 0.6 is 11.6 Å². The third kappa shape index (κ3) is 6.08. The van der Waals surface area contributed by atoms with Gasteiger partial charge >= 0.3 is 6.18 Å². The second kappa shape index (κ2) is 9.45. The third-order valence-corrected chi connectivity index (χ3v) is 5.06. The van der Waals surface area contributed by atoms with Crippen LogP contribution in [0.2, 0.25) is 5.15 Å². The molecule has 0 unspecified atom stereocenters. The van der Waals surface area contributed by atoms with E-state index in [2.05, 4.69) is 15.2 Å². The van der Waals surface area contributed by atoms with E-state index in [-0.39, 0.29) is 5.91 Å². The van der Waals surface area contributed by atoms with E-state index in [0.717, 1.165) is 32.1 Å². The van der Waals surface area contributed by atoms with Gasteiger partial charge in [0.2, 0.25) is 0 Å². The van der Waals surface area contributed by atoms with Crippen LogP contribution in [0.4, 0.5) is 18.9 Å². The number of nitrogens with one attached hydrogen (secondary N) is 1. The van der Waals surface area contributed by atoms with Crippen molar-refractivity contribution >= 4 is 23.2 Å². The number of amides is 1. The molecule has 3 rings (SSSR count). The first kappa shape index (κ1) is 21.4. The Kier molecular flexibility index (Phi) is 6.97. The van der Waals surface area contributed by atoms with Crippen molar-refractivity contribution in [1.82, 2.24) is 15.2 Å². The van der Waals surface area contributed by atoms with Crippen LogP contribution < -0.4 is 10.2 Å². The molecular formula is C20H22ClF3N4O. The first-order chi connectivity index (χ1) is 13.8. The van der Waals surface area contributed by atoms with E-state index in [9.17, 15) is 18.0 Å². The monoisotopic (exact) mass is 426 g/mol. The van der Waals surface area contributed by atoms with Crippen LogP contribution in [0.25, 0.3) is 0 Å². The normalized spacial score (nSPS) is 15.4. The number of hydrogen-bond donors (Lipinski definition) is 1. The maximum Gasteiger partial charge on any atom is 0.416 e. The summed E-state index contributed by atoms with van der Waals surface area (Å²) in [6.07, 6.45) is -2.11. The number of alkyl halides is 3. The number of benzene rings is 1. The summed E-state index contributed by atoms with van der Waals surface area (Å²) in [5.74, 6) is -0.191. The van der Waals surface area contributed by atoms with E-state index in [1.807, 2.05) is 4.90 Å². The minimum atomic E-state index is -4.33. The molecule has 9 heteroatoms. The fourth-order valence-corrected chi connectivity index (χ4v) is 3.34. The molecule has 1 fully saturated rings. The predicted molar refractivity (Wildman–Crippen MR) is 106 cm³/mol. The minimum Gasteiger partial charge on any atom is -0.369 e. The summed E-state index contributed by atoms with van der Waals surface area (Å²) in [7, 11) is 0. The van der Waals surface area contributed by atoms with Crippen molar-refractivity contribution in [2.24, 2.45) is 0 Å². The van der Waals surface area contributed by atoms with Crippen LogP contribution in [0, 0.1) is 0 Å². The Labute approximate surface area is 172 Å². The lowest BCUT2D eigenvalue weighted by atomic mass is 10.1. The van der Waals surface area contributed by atoms with Gasteiger partial charge in [-0.2, -0.15) is 13.2 Å². The number of nitrogens with zero attached hydrogens (tertiary/aromatic N) is 3. The zero-order valence-corrected chi connectivity index (χ0v) is 16.5. The molecule has 0 spiro atoms. The van der Waals surface area contributed by atoms with Crippen molar-refractivity contribution in [2.45, 2.75) is 12.6 Å². The summed E-state index contributed by atoms with van der Waals surface area (Å²) < 4.78 is 38.7. The van der Waals surface area contributed by atoms with E-state index in [1.165, 1.54) is 18.3 Å². The van der Waals surface area contributed by atoms with Crippen molar-refractivity contribution < 1.29 is 18.0 Å². The lowest BCUT2D eigenvalue weighted by Crippen LogP contribution is -2.47. The second-order valence-corrected chi connectivity index (χ2v) is 7.24. The fraction of sp³-hybridized carbons (Fsp3) is 0.400. The molecule has 29 heavy (non-hydrogen) atoms. The van der Waals surface area contributed by atoms with Gasteiger partial charge in [-0.05, 0) is 43.3 Å². The summed E-state index contributed by atoms with van der Waals surface area (Å²) in [5, 5.41) is 3.19. The number of hydrogen-bond acceptors (Lipinski definition) is 4. The summed E-state index contributed by atoms with van der Waals surface area (Å²) >= 11 is 5.70. The van der Waals surface area contributed by atoms with E-state index in [1.54, 1.807) is 18.2 Å². The highest BCUT2D eigenvalue weighted by Gasteiger charge is 2.31. The van der Waals surface area contributed by atoms with Crippen molar-refractivity contribution in [3.8, 4) is 0 Å². The number of rotatable bonds is 6. The zero-order chi connectivity index (χ0) is 20.9. The first-order valence-electron chi connectivity index (χ1n) is 9.37. The Morgan fingerprint density at radius 1 is 1.14 bits per heavy atom. The van der Waals surface area contributed by atoms with Crippen LogP contribution in [0.5, 0.6) is 0 Å². The molecule has 1 N–H and O–H groups in total. The highest BCUT2D eigenvalue weighted by Crippen LogP contribution is 2.31. The quantitative estimate of drug-likeness (QED) is 0.565. The van der Waals surface area contributed by atoms with Crippen LogP contribution in [-0.4, -0.2) is 55.1 Å². The van der Waals surface area contributed by atoms with Crippen LogP contribution in [-0.2, 0) is 6.18 Å². The Morgan fingerprint density at radius 2 is 1.90 bits per heavy atom. The third-order valence-electron chi connectivity index (χ3n) is 4.84. The van der Waals surface area contributed by atoms with Gasteiger partial charge in [0, 0.05) is 44.6 Å². The van der Waals surface area contributed by atoms with E-state index in [0.29, 0.717) is 36.0 Å². The Bertz CT molecular complexity index is 821. The molecule has 0 aliphatic carbocycles. The van der Waals surface area contributed by atoms with Gasteiger partial charge in [-0.15, -0.1) is 0 Å². The number of carbonyl (C=O) groups is 1. The minimum absolute atomic E-state index is 0.191. The fourth-order valence-electron chi connectivity index (χ4n) is 3.23. The summed E-state index contributed by atoms with van der Waals surface area (Å²) in [6.45, 7) is 4.23. The zero-order valence-electron chi connectivity index (χ0n) is 15.8. The van der Waals surface area contributed by atoms with Gasteiger partial charge in [-0.1, -0.05) is 17.7 Å². The maximum absolute atomic E-state index is 12.9. The molecule has 5 nitrogen and oxygen atoms in total. The number of piperazine rings is 1. The van der Waals surface area contributed by atoms with Crippen LogP contribution in [0.1, 0.15) is 22.3 Å². The SMILES string of the molecule is O=C(NCCCN1CCN(c2cccc(C(F)(F)F)c2)CC1)c1ccc(Cl)nc1. The largest absolute Gasteiger partial charge is 0.416 e. The molecule has 0 atom stereocenters. The Balaban J connectivity index is 1.39. The average Bonchev–Trinajstić information content (AvgIpc) is 2.71. The smallest absolute Gasteiger partial charge is 0.369 e. The summed E-state index contributed by atoms with van der Waals surface area (Å²) in [4.78, 5) is 20.1. The highest BCUT2D eigenvalue weighted by atomic mass is 35.5. The van der Waals surface area contributed by atoms with Crippen molar-refractivity contribution in [3.05, 3.63) is 58.9 Å². The molecule has 1 aromatic heterocycles. The van der Waals surface area contributed by atoms with E-state index >= 15 is 0 Å². The lowest BCUT2D eigenvalue weighted by Gasteiger charge is -2.36. The molecule has 1 aromatic carbocycles. The number of aromatic nitrogens is 1. The summed E-state index contributed by atoms with van der Waals surface area (Å²) in [5.41, 5.74) is 0.441. The van der Waals surface area contributed by atoms with Gasteiger partial charge in [-0.3, -0.25) is 9.69 Å². The number of carbonyl (C=O) groups excluding carboxylic acids is 1. The van der Waals surface area contributed by atoms with Gasteiger partial charge in [-0.25, -0.2) is 4.98 Å². The maximum atomic E-state index is 12.9. The van der Waals surface area contributed by atoms with Crippen LogP contribution in [0.3, 0.4) is 0 Å². The van der Waals surface area contributed by atoms with Gasteiger partial charge in [0.05, 0.1) is 11.1 Å². The number of pyridine rings is 1. The molecule has 0 radical (unpaired) electrons. The highest BCUT2D eigenvalue weighted by molar-refractivity contribution is 6.29. The topological polar surface area (TPSA) is 48.5 Å². The van der Waals surface area contributed by atoms with Crippen molar-refractivity contribution in [3.63, 3.8) is 0 Å². The molecule has 156 valence electrons. The van der Waals surface area contributed by atoms with E-state index < -0.39 is 11.7 Å². The molecular weight excluding hydrogens is 405 g/mol. The number of anilines is 1.